The second-order valence-electron chi connectivity index (χ2n) is 3.27. The van der Waals surface area contributed by atoms with Gasteiger partial charge in [-0.25, -0.2) is 0 Å². The first-order valence-corrected chi connectivity index (χ1v) is 4.30. The average molecular weight is 148 g/mol. The predicted molar refractivity (Wildman–Crippen MR) is 50.4 cm³/mol. The molecule has 1 aliphatic rings. The lowest BCUT2D eigenvalue weighted by molar-refractivity contribution is 0.696. The lowest BCUT2D eigenvalue weighted by Gasteiger charge is -2.00. The Morgan fingerprint density at radius 3 is 2.64 bits per heavy atom. The highest BCUT2D eigenvalue weighted by Crippen LogP contribution is 2.17. The third-order valence-corrected chi connectivity index (χ3v) is 2.05. The van der Waals surface area contributed by atoms with Crippen LogP contribution in [0.1, 0.15) is 27.2 Å². The van der Waals surface area contributed by atoms with Gasteiger partial charge in [-0.05, 0) is 18.4 Å². The Morgan fingerprint density at radius 2 is 2.18 bits per heavy atom. The molecule has 0 nitrogen and oxygen atoms in total. The minimum Gasteiger partial charge on any atom is -0.0744 e. The van der Waals surface area contributed by atoms with Crippen molar-refractivity contribution in [1.82, 2.24) is 0 Å². The van der Waals surface area contributed by atoms with E-state index in [9.17, 15) is 0 Å². The van der Waals surface area contributed by atoms with Crippen LogP contribution >= 0.6 is 0 Å². The van der Waals surface area contributed by atoms with Crippen molar-refractivity contribution in [2.24, 2.45) is 5.92 Å². The van der Waals surface area contributed by atoms with Crippen LogP contribution in [0, 0.1) is 5.92 Å². The Bertz CT molecular complexity index is 216. The van der Waals surface area contributed by atoms with Crippen LogP contribution in [0.3, 0.4) is 0 Å². The summed E-state index contributed by atoms with van der Waals surface area (Å²) in [6.07, 6.45) is 10.1. The van der Waals surface area contributed by atoms with Crippen molar-refractivity contribution < 1.29 is 0 Å². The number of hydrogen-bond acceptors (Lipinski definition) is 0. The Kier molecular flexibility index (Phi) is 2.70. The topological polar surface area (TPSA) is 0 Å². The number of rotatable bonds is 2. The molecule has 0 saturated heterocycles. The van der Waals surface area contributed by atoms with Crippen molar-refractivity contribution >= 4 is 0 Å². The first kappa shape index (κ1) is 8.32. The Morgan fingerprint density at radius 1 is 1.45 bits per heavy atom. The molecule has 0 heteroatoms. The zero-order valence-electron chi connectivity index (χ0n) is 7.59. The van der Waals surface area contributed by atoms with Crippen LogP contribution in [-0.2, 0) is 0 Å². The maximum absolute atomic E-state index is 2.33. The quantitative estimate of drug-likeness (QED) is 0.562. The molecule has 0 amide bonds. The highest BCUT2D eigenvalue weighted by atomic mass is 14.0. The molecule has 0 heterocycles. The molecule has 1 aliphatic carbocycles. The smallest absolute Gasteiger partial charge is 0.0256 e. The summed E-state index contributed by atoms with van der Waals surface area (Å²) in [5, 5.41) is 0. The average Bonchev–Trinajstić information content (AvgIpc) is 2.35. The number of hydrogen-bond donors (Lipinski definition) is 0. The summed E-state index contributed by atoms with van der Waals surface area (Å²) in [6, 6.07) is 0. The van der Waals surface area contributed by atoms with Gasteiger partial charge in [-0.3, -0.25) is 0 Å². The minimum absolute atomic E-state index is 0.705. The van der Waals surface area contributed by atoms with Crippen molar-refractivity contribution in [3.63, 3.8) is 0 Å². The highest BCUT2D eigenvalue weighted by Gasteiger charge is 1.99. The minimum atomic E-state index is 0.705. The zero-order chi connectivity index (χ0) is 8.27. The van der Waals surface area contributed by atoms with Crippen LogP contribution in [0.15, 0.2) is 35.5 Å². The molecular formula is C11H16. The van der Waals surface area contributed by atoms with Gasteiger partial charge in [0.25, 0.3) is 0 Å². The van der Waals surface area contributed by atoms with Crippen molar-refractivity contribution in [3.8, 4) is 0 Å². The number of allylic oxidation sites excluding steroid dienone is 6. The second kappa shape index (κ2) is 3.56. The fraction of sp³-hybridized carbons (Fsp3) is 0.455. The molecule has 0 N–H and O–H groups in total. The van der Waals surface area contributed by atoms with Gasteiger partial charge in [0, 0.05) is 0 Å². The van der Waals surface area contributed by atoms with E-state index in [0.29, 0.717) is 5.92 Å². The van der Waals surface area contributed by atoms with Gasteiger partial charge < -0.3 is 0 Å². The standard InChI is InChI=1S/C11H16/c1-4-9(2)7-11-6-5-10(3)8-11/h5-9H,4H2,1-3H3. The Labute approximate surface area is 69.3 Å². The second-order valence-corrected chi connectivity index (χ2v) is 3.27. The van der Waals surface area contributed by atoms with Gasteiger partial charge >= 0.3 is 0 Å². The first-order chi connectivity index (χ1) is 5.22. The molecule has 11 heavy (non-hydrogen) atoms. The van der Waals surface area contributed by atoms with E-state index in [2.05, 4.69) is 45.1 Å². The maximum atomic E-state index is 2.33. The lowest BCUT2D eigenvalue weighted by Crippen LogP contribution is -1.85. The lowest BCUT2D eigenvalue weighted by atomic mass is 10.1. The molecule has 0 fully saturated rings. The molecule has 0 saturated carbocycles. The van der Waals surface area contributed by atoms with Gasteiger partial charge in [-0.15, -0.1) is 0 Å². The SMILES string of the molecule is CCC(C)C=C1C=CC(C)=C1. The molecule has 0 aromatic heterocycles. The van der Waals surface area contributed by atoms with E-state index >= 15 is 0 Å². The van der Waals surface area contributed by atoms with Gasteiger partial charge in [0.15, 0.2) is 0 Å². The zero-order valence-corrected chi connectivity index (χ0v) is 7.59. The van der Waals surface area contributed by atoms with E-state index in [-0.39, 0.29) is 0 Å². The Hall–Kier alpha value is -0.780. The van der Waals surface area contributed by atoms with E-state index in [4.69, 9.17) is 0 Å². The van der Waals surface area contributed by atoms with Crippen LogP contribution in [0.5, 0.6) is 0 Å². The van der Waals surface area contributed by atoms with Crippen LogP contribution < -0.4 is 0 Å². The highest BCUT2D eigenvalue weighted by molar-refractivity contribution is 5.44. The molecule has 0 spiro atoms. The summed E-state index contributed by atoms with van der Waals surface area (Å²) in [6.45, 7) is 6.60. The van der Waals surface area contributed by atoms with E-state index in [1.54, 1.807) is 0 Å². The summed E-state index contributed by atoms with van der Waals surface area (Å²) < 4.78 is 0. The Balaban J connectivity index is 2.63. The van der Waals surface area contributed by atoms with Crippen molar-refractivity contribution in [2.75, 3.05) is 0 Å². The molecule has 0 bridgehead atoms. The summed E-state index contributed by atoms with van der Waals surface area (Å²) >= 11 is 0. The molecule has 1 atom stereocenters. The predicted octanol–water partition coefficient (Wildman–Crippen LogP) is 3.48. The van der Waals surface area contributed by atoms with Crippen molar-refractivity contribution in [3.05, 3.63) is 35.5 Å². The third kappa shape index (κ3) is 2.38. The van der Waals surface area contributed by atoms with Crippen LogP contribution in [-0.4, -0.2) is 0 Å². The maximum Gasteiger partial charge on any atom is -0.0256 e. The van der Waals surface area contributed by atoms with Gasteiger partial charge in [-0.1, -0.05) is 50.1 Å². The van der Waals surface area contributed by atoms with Gasteiger partial charge in [0.05, 0.1) is 0 Å². The molecule has 0 aliphatic heterocycles. The summed E-state index contributed by atoms with van der Waals surface area (Å²) in [4.78, 5) is 0. The molecule has 1 unspecified atom stereocenters. The van der Waals surface area contributed by atoms with Crippen LogP contribution in [0.4, 0.5) is 0 Å². The van der Waals surface area contributed by atoms with Crippen molar-refractivity contribution in [1.29, 1.82) is 0 Å². The largest absolute Gasteiger partial charge is 0.0744 e. The van der Waals surface area contributed by atoms with Gasteiger partial charge in [-0.2, -0.15) is 0 Å². The van der Waals surface area contributed by atoms with E-state index in [1.165, 1.54) is 17.6 Å². The monoisotopic (exact) mass is 148 g/mol. The van der Waals surface area contributed by atoms with Crippen LogP contribution in [0.25, 0.3) is 0 Å². The van der Waals surface area contributed by atoms with Gasteiger partial charge in [0.2, 0.25) is 0 Å². The normalized spacial score (nSPS) is 22.5. The third-order valence-electron chi connectivity index (χ3n) is 2.05. The summed E-state index contributed by atoms with van der Waals surface area (Å²) in [5.41, 5.74) is 2.73. The fourth-order valence-electron chi connectivity index (χ4n) is 1.14. The van der Waals surface area contributed by atoms with Crippen LogP contribution in [0.2, 0.25) is 0 Å². The van der Waals surface area contributed by atoms with E-state index in [1.807, 2.05) is 0 Å². The summed E-state index contributed by atoms with van der Waals surface area (Å²) in [5.74, 6) is 0.705. The molecule has 0 aromatic carbocycles. The molecular weight excluding hydrogens is 132 g/mol. The van der Waals surface area contributed by atoms with Gasteiger partial charge in [0.1, 0.15) is 0 Å². The fourth-order valence-corrected chi connectivity index (χ4v) is 1.14. The molecule has 0 radical (unpaired) electrons. The van der Waals surface area contributed by atoms with E-state index in [0.717, 1.165) is 0 Å². The first-order valence-electron chi connectivity index (χ1n) is 4.30. The van der Waals surface area contributed by atoms with Crippen molar-refractivity contribution in [2.45, 2.75) is 27.2 Å². The summed E-state index contributed by atoms with van der Waals surface area (Å²) in [7, 11) is 0. The molecule has 1 rings (SSSR count). The molecule has 0 aromatic rings. The van der Waals surface area contributed by atoms with E-state index < -0.39 is 0 Å². The molecule has 60 valence electrons.